The summed E-state index contributed by atoms with van der Waals surface area (Å²) in [5.41, 5.74) is 8.04. The van der Waals surface area contributed by atoms with Gasteiger partial charge in [0.2, 0.25) is 0 Å². The zero-order valence-electron chi connectivity index (χ0n) is 9.31. The van der Waals surface area contributed by atoms with E-state index in [1.54, 1.807) is 12.1 Å². The predicted octanol–water partition coefficient (Wildman–Crippen LogP) is 3.29. The van der Waals surface area contributed by atoms with Crippen molar-refractivity contribution in [3.05, 3.63) is 64.7 Å². The minimum absolute atomic E-state index is 0.162. The molecule has 0 heterocycles. The Morgan fingerprint density at radius 2 is 1.88 bits per heavy atom. The van der Waals surface area contributed by atoms with Crippen molar-refractivity contribution in [1.82, 2.24) is 0 Å². The number of rotatable bonds is 3. The van der Waals surface area contributed by atoms with Crippen LogP contribution in [0.25, 0.3) is 0 Å². The molecule has 0 saturated heterocycles. The summed E-state index contributed by atoms with van der Waals surface area (Å²) in [4.78, 5) is 0. The second-order valence-corrected chi connectivity index (χ2v) is 4.41. The largest absolute Gasteiger partial charge is 0.508 e. The zero-order valence-corrected chi connectivity index (χ0v) is 10.1. The lowest BCUT2D eigenvalue weighted by molar-refractivity contribution is 0.474. The first-order valence-corrected chi connectivity index (χ1v) is 5.82. The standard InChI is InChI=1S/C14H14ClNO/c15-13-7-2-1-6-12(13)14(16)9-10-4-3-5-11(17)8-10/h1-8,14,17H,9,16H2. The van der Waals surface area contributed by atoms with Gasteiger partial charge in [0.05, 0.1) is 0 Å². The molecule has 2 rings (SSSR count). The topological polar surface area (TPSA) is 46.2 Å². The molecule has 0 amide bonds. The minimum Gasteiger partial charge on any atom is -0.508 e. The Kier molecular flexibility index (Phi) is 3.67. The fraction of sp³-hybridized carbons (Fsp3) is 0.143. The summed E-state index contributed by atoms with van der Waals surface area (Å²) in [5.74, 6) is 0.258. The number of hydrogen-bond acceptors (Lipinski definition) is 2. The zero-order chi connectivity index (χ0) is 12.3. The van der Waals surface area contributed by atoms with E-state index in [2.05, 4.69) is 0 Å². The van der Waals surface area contributed by atoms with E-state index in [-0.39, 0.29) is 11.8 Å². The molecule has 0 fully saturated rings. The maximum atomic E-state index is 9.38. The molecule has 2 nitrogen and oxygen atoms in total. The van der Waals surface area contributed by atoms with Gasteiger partial charge in [-0.3, -0.25) is 0 Å². The third kappa shape index (κ3) is 2.99. The van der Waals surface area contributed by atoms with Crippen LogP contribution in [0, 0.1) is 0 Å². The first-order chi connectivity index (χ1) is 8.16. The van der Waals surface area contributed by atoms with Crippen molar-refractivity contribution in [2.45, 2.75) is 12.5 Å². The number of phenols is 1. The van der Waals surface area contributed by atoms with E-state index >= 15 is 0 Å². The van der Waals surface area contributed by atoms with Crippen molar-refractivity contribution in [2.75, 3.05) is 0 Å². The predicted molar refractivity (Wildman–Crippen MR) is 70.2 cm³/mol. The van der Waals surface area contributed by atoms with Crippen LogP contribution in [-0.2, 0) is 6.42 Å². The summed E-state index contributed by atoms with van der Waals surface area (Å²) in [5, 5.41) is 10.1. The van der Waals surface area contributed by atoms with E-state index in [9.17, 15) is 5.11 Å². The number of halogens is 1. The molecule has 0 aliphatic rings. The van der Waals surface area contributed by atoms with Crippen LogP contribution in [0.3, 0.4) is 0 Å². The van der Waals surface area contributed by atoms with Crippen molar-refractivity contribution < 1.29 is 5.11 Å². The molecule has 1 atom stereocenters. The number of hydrogen-bond donors (Lipinski definition) is 2. The van der Waals surface area contributed by atoms with Crippen molar-refractivity contribution in [1.29, 1.82) is 0 Å². The highest BCUT2D eigenvalue weighted by Gasteiger charge is 2.10. The summed E-state index contributed by atoms with van der Waals surface area (Å²) >= 11 is 6.09. The number of aromatic hydroxyl groups is 1. The van der Waals surface area contributed by atoms with Gasteiger partial charge in [0.1, 0.15) is 5.75 Å². The molecule has 3 heteroatoms. The molecule has 0 aliphatic heterocycles. The molecule has 17 heavy (non-hydrogen) atoms. The fourth-order valence-electron chi connectivity index (χ4n) is 1.82. The molecule has 0 spiro atoms. The van der Waals surface area contributed by atoms with Crippen LogP contribution in [0.2, 0.25) is 5.02 Å². The Morgan fingerprint density at radius 3 is 2.59 bits per heavy atom. The van der Waals surface area contributed by atoms with Gasteiger partial charge < -0.3 is 10.8 Å². The number of phenolic OH excluding ortho intramolecular Hbond substituents is 1. The van der Waals surface area contributed by atoms with E-state index in [0.717, 1.165) is 11.1 Å². The van der Waals surface area contributed by atoms with Crippen LogP contribution >= 0.6 is 11.6 Å². The Labute approximate surface area is 106 Å². The molecule has 2 aromatic rings. The normalized spacial score (nSPS) is 12.4. The second-order valence-electron chi connectivity index (χ2n) is 4.00. The Hall–Kier alpha value is -1.51. The van der Waals surface area contributed by atoms with Gasteiger partial charge in [0.25, 0.3) is 0 Å². The van der Waals surface area contributed by atoms with E-state index in [4.69, 9.17) is 17.3 Å². The molecular weight excluding hydrogens is 234 g/mol. The molecule has 3 N–H and O–H groups in total. The van der Waals surface area contributed by atoms with E-state index < -0.39 is 0 Å². The summed E-state index contributed by atoms with van der Waals surface area (Å²) in [6.45, 7) is 0. The van der Waals surface area contributed by atoms with Gasteiger partial charge in [-0.1, -0.05) is 41.9 Å². The molecule has 0 aliphatic carbocycles. The molecule has 2 aromatic carbocycles. The van der Waals surface area contributed by atoms with Crippen molar-refractivity contribution in [3.8, 4) is 5.75 Å². The summed E-state index contributed by atoms with van der Waals surface area (Å²) in [6.07, 6.45) is 0.651. The highest BCUT2D eigenvalue weighted by Crippen LogP contribution is 2.24. The molecule has 0 bridgehead atoms. The first-order valence-electron chi connectivity index (χ1n) is 5.45. The van der Waals surface area contributed by atoms with Gasteiger partial charge in [0.15, 0.2) is 0 Å². The average molecular weight is 248 g/mol. The van der Waals surface area contributed by atoms with Crippen molar-refractivity contribution in [3.63, 3.8) is 0 Å². The van der Waals surface area contributed by atoms with Gasteiger partial charge >= 0.3 is 0 Å². The van der Waals surface area contributed by atoms with Crippen LogP contribution in [0.1, 0.15) is 17.2 Å². The summed E-state index contributed by atoms with van der Waals surface area (Å²) in [6, 6.07) is 14.5. The number of nitrogens with two attached hydrogens (primary N) is 1. The van der Waals surface area contributed by atoms with Crippen LogP contribution in [0.5, 0.6) is 5.75 Å². The van der Waals surface area contributed by atoms with E-state index in [1.165, 1.54) is 0 Å². The lowest BCUT2D eigenvalue weighted by atomic mass is 9.99. The monoisotopic (exact) mass is 247 g/mol. The Balaban J connectivity index is 2.17. The third-order valence-electron chi connectivity index (χ3n) is 2.67. The fourth-order valence-corrected chi connectivity index (χ4v) is 2.10. The third-order valence-corrected chi connectivity index (χ3v) is 3.02. The lowest BCUT2D eigenvalue weighted by Gasteiger charge is -2.13. The Bertz CT molecular complexity index is 513. The Morgan fingerprint density at radius 1 is 1.12 bits per heavy atom. The molecule has 88 valence electrons. The van der Waals surface area contributed by atoms with Crippen LogP contribution in [-0.4, -0.2) is 5.11 Å². The summed E-state index contributed by atoms with van der Waals surface area (Å²) in [7, 11) is 0. The highest BCUT2D eigenvalue weighted by atomic mass is 35.5. The van der Waals surface area contributed by atoms with Crippen LogP contribution in [0.15, 0.2) is 48.5 Å². The lowest BCUT2D eigenvalue weighted by Crippen LogP contribution is -2.13. The quantitative estimate of drug-likeness (QED) is 0.874. The van der Waals surface area contributed by atoms with Gasteiger partial charge in [-0.25, -0.2) is 0 Å². The van der Waals surface area contributed by atoms with Crippen LogP contribution < -0.4 is 5.73 Å². The van der Waals surface area contributed by atoms with Crippen LogP contribution in [0.4, 0.5) is 0 Å². The molecule has 0 saturated carbocycles. The van der Waals surface area contributed by atoms with Crippen molar-refractivity contribution >= 4 is 11.6 Å². The number of benzene rings is 2. The molecule has 0 radical (unpaired) electrons. The molecule has 1 unspecified atom stereocenters. The average Bonchev–Trinajstić information content (AvgIpc) is 2.29. The van der Waals surface area contributed by atoms with E-state index in [1.807, 2.05) is 36.4 Å². The summed E-state index contributed by atoms with van der Waals surface area (Å²) < 4.78 is 0. The van der Waals surface area contributed by atoms with Gasteiger partial charge in [0, 0.05) is 11.1 Å². The van der Waals surface area contributed by atoms with Crippen molar-refractivity contribution in [2.24, 2.45) is 5.73 Å². The molecular formula is C14H14ClNO. The minimum atomic E-state index is -0.162. The van der Waals surface area contributed by atoms with Gasteiger partial charge in [-0.2, -0.15) is 0 Å². The first kappa shape index (κ1) is 12.0. The van der Waals surface area contributed by atoms with Gasteiger partial charge in [-0.15, -0.1) is 0 Å². The SMILES string of the molecule is NC(Cc1cccc(O)c1)c1ccccc1Cl. The maximum absolute atomic E-state index is 9.38. The highest BCUT2D eigenvalue weighted by molar-refractivity contribution is 6.31. The molecule has 0 aromatic heterocycles. The smallest absolute Gasteiger partial charge is 0.115 e. The van der Waals surface area contributed by atoms with Gasteiger partial charge in [-0.05, 0) is 35.7 Å². The second kappa shape index (κ2) is 5.21. The maximum Gasteiger partial charge on any atom is 0.115 e. The van der Waals surface area contributed by atoms with E-state index in [0.29, 0.717) is 11.4 Å².